The van der Waals surface area contributed by atoms with Crippen LogP contribution in [0.1, 0.15) is 50.4 Å². The van der Waals surface area contributed by atoms with E-state index in [1.54, 1.807) is 16.7 Å². The number of amides is 1. The molecular weight excluding hydrogens is 378 g/mol. The Morgan fingerprint density at radius 1 is 1.14 bits per heavy atom. The molecule has 7 heteroatoms. The fourth-order valence-corrected chi connectivity index (χ4v) is 3.29. The molecule has 2 N–H and O–H groups in total. The molecule has 0 saturated heterocycles. The first kappa shape index (κ1) is 24.0. The van der Waals surface area contributed by atoms with Crippen LogP contribution in [0.2, 0.25) is 0 Å². The third-order valence-electron chi connectivity index (χ3n) is 4.97. The molecule has 0 aliphatic heterocycles. The van der Waals surface area contributed by atoms with Crippen molar-refractivity contribution in [1.82, 2.24) is 14.8 Å². The van der Waals surface area contributed by atoms with Crippen molar-refractivity contribution in [2.45, 2.75) is 46.6 Å². The normalized spacial score (nSPS) is 10.9. The lowest BCUT2D eigenvalue weighted by Crippen LogP contribution is -2.38. The maximum absolute atomic E-state index is 13.0. The number of carbonyl (C=O) groups excluding carboxylic acids is 1. The minimum Gasteiger partial charge on any atom is -0.506 e. The van der Waals surface area contributed by atoms with Gasteiger partial charge in [-0.2, -0.15) is 0 Å². The van der Waals surface area contributed by atoms with Gasteiger partial charge in [-0.05, 0) is 31.6 Å². The van der Waals surface area contributed by atoms with Crippen LogP contribution in [0.25, 0.3) is 10.9 Å². The molecule has 0 aliphatic rings. The van der Waals surface area contributed by atoms with Gasteiger partial charge in [-0.3, -0.25) is 9.59 Å². The molecule has 156 valence electrons. The number of nitrogens with zero attached hydrogens (tertiary/aromatic N) is 2. The summed E-state index contributed by atoms with van der Waals surface area (Å²) in [6.45, 7) is 9.71. The number of nitrogens with one attached hydrogen (secondary N) is 1. The molecule has 28 heavy (non-hydrogen) atoms. The molecule has 1 aromatic carbocycles. The Hall–Kier alpha value is -2.05. The third-order valence-corrected chi connectivity index (χ3v) is 4.97. The average molecular weight is 410 g/mol. The molecule has 2 rings (SSSR count). The quantitative estimate of drug-likeness (QED) is 0.590. The third kappa shape index (κ3) is 5.49. The van der Waals surface area contributed by atoms with Crippen LogP contribution in [0.3, 0.4) is 0 Å². The van der Waals surface area contributed by atoms with Gasteiger partial charge < -0.3 is 19.9 Å². The molecule has 0 radical (unpaired) electrons. The Morgan fingerprint density at radius 2 is 1.82 bits per heavy atom. The number of benzene rings is 1. The minimum absolute atomic E-state index is 0. The molecule has 0 spiro atoms. The fraction of sp³-hybridized carbons (Fsp3) is 0.524. The molecule has 0 bridgehead atoms. The number of likely N-dealkylation sites (N-methyl/N-ethyl adjacent to an activating group) is 1. The first-order valence-corrected chi connectivity index (χ1v) is 9.90. The Bertz CT molecular complexity index is 831. The number of rotatable bonds is 10. The summed E-state index contributed by atoms with van der Waals surface area (Å²) in [5, 5.41) is 13.9. The Balaban J connectivity index is 0.00000392. The predicted octanol–water partition coefficient (Wildman–Crippen LogP) is 3.39. The molecule has 0 unspecified atom stereocenters. The summed E-state index contributed by atoms with van der Waals surface area (Å²) >= 11 is 0. The molecule has 2 aromatic rings. The zero-order valence-electron chi connectivity index (χ0n) is 17.0. The van der Waals surface area contributed by atoms with Gasteiger partial charge in [-0.25, -0.2) is 0 Å². The van der Waals surface area contributed by atoms with Gasteiger partial charge in [-0.15, -0.1) is 12.4 Å². The Morgan fingerprint density at radius 3 is 2.46 bits per heavy atom. The number of carbonyl (C=O) groups is 1. The predicted molar refractivity (Wildman–Crippen MR) is 117 cm³/mol. The summed E-state index contributed by atoms with van der Waals surface area (Å²) in [5.41, 5.74) is 0.0724. The number of para-hydroxylation sites is 1. The zero-order valence-corrected chi connectivity index (χ0v) is 17.8. The monoisotopic (exact) mass is 409 g/mol. The van der Waals surface area contributed by atoms with Crippen LogP contribution < -0.4 is 10.9 Å². The second-order valence-electron chi connectivity index (χ2n) is 6.69. The molecule has 0 atom stereocenters. The topological polar surface area (TPSA) is 74.6 Å². The number of hydrogen-bond donors (Lipinski definition) is 2. The molecule has 6 nitrogen and oxygen atoms in total. The summed E-state index contributed by atoms with van der Waals surface area (Å²) in [6, 6.07) is 7.18. The van der Waals surface area contributed by atoms with E-state index in [1.165, 1.54) is 0 Å². The highest BCUT2D eigenvalue weighted by Gasteiger charge is 2.21. The van der Waals surface area contributed by atoms with Gasteiger partial charge >= 0.3 is 0 Å². The fourth-order valence-electron chi connectivity index (χ4n) is 3.29. The summed E-state index contributed by atoms with van der Waals surface area (Å²) in [7, 11) is 0. The number of aromatic hydroxyl groups is 1. The first-order valence-electron chi connectivity index (χ1n) is 9.90. The van der Waals surface area contributed by atoms with Gasteiger partial charge in [-0.1, -0.05) is 45.7 Å². The van der Waals surface area contributed by atoms with E-state index in [9.17, 15) is 14.7 Å². The lowest BCUT2D eigenvalue weighted by atomic mass is 10.1. The van der Waals surface area contributed by atoms with Crippen LogP contribution in [0.5, 0.6) is 5.75 Å². The van der Waals surface area contributed by atoms with Crippen molar-refractivity contribution in [3.63, 3.8) is 0 Å². The van der Waals surface area contributed by atoms with Crippen molar-refractivity contribution in [1.29, 1.82) is 0 Å². The van der Waals surface area contributed by atoms with Crippen molar-refractivity contribution < 1.29 is 9.90 Å². The van der Waals surface area contributed by atoms with Crippen LogP contribution in [0, 0.1) is 0 Å². The highest BCUT2D eigenvalue weighted by Crippen LogP contribution is 2.26. The van der Waals surface area contributed by atoms with Gasteiger partial charge in [0, 0.05) is 25.0 Å². The van der Waals surface area contributed by atoms with Crippen molar-refractivity contribution >= 4 is 29.2 Å². The van der Waals surface area contributed by atoms with Gasteiger partial charge in [0.1, 0.15) is 11.3 Å². The molecule has 1 amide bonds. The number of pyridine rings is 1. The molecule has 0 saturated carbocycles. The summed E-state index contributed by atoms with van der Waals surface area (Å²) < 4.78 is 1.62. The van der Waals surface area contributed by atoms with Crippen LogP contribution >= 0.6 is 12.4 Å². The average Bonchev–Trinajstić information content (AvgIpc) is 2.68. The minimum atomic E-state index is -0.514. The maximum atomic E-state index is 13.0. The number of aromatic nitrogens is 1. The SMILES string of the molecule is CCCCCn1c(=O)c(C(=O)NCCN(CC)CC)c(O)c2ccccc21.Cl. The van der Waals surface area contributed by atoms with E-state index in [2.05, 4.69) is 31.0 Å². The van der Waals surface area contributed by atoms with Crippen molar-refractivity contribution in [3.8, 4) is 5.75 Å². The second-order valence-corrected chi connectivity index (χ2v) is 6.69. The van der Waals surface area contributed by atoms with Crippen LogP contribution in [0.15, 0.2) is 29.1 Å². The summed E-state index contributed by atoms with van der Waals surface area (Å²) in [4.78, 5) is 27.8. The van der Waals surface area contributed by atoms with Crippen molar-refractivity contribution in [3.05, 3.63) is 40.2 Å². The highest BCUT2D eigenvalue weighted by atomic mass is 35.5. The maximum Gasteiger partial charge on any atom is 0.267 e. The number of unbranched alkanes of at least 4 members (excludes halogenated alkanes) is 2. The standard InChI is InChI=1S/C21H31N3O3.ClH/c1-4-7-10-14-24-17-12-9-8-11-16(17)19(25)18(21(24)27)20(26)22-13-15-23(5-2)6-3;/h8-9,11-12,25H,4-7,10,13-15H2,1-3H3,(H,22,26);1H. The number of aryl methyl sites for hydroxylation is 1. The molecule has 0 fully saturated rings. The lowest BCUT2D eigenvalue weighted by Gasteiger charge is -2.18. The Labute approximate surface area is 173 Å². The van der Waals surface area contributed by atoms with Crippen LogP contribution in [-0.2, 0) is 6.54 Å². The van der Waals surface area contributed by atoms with Gasteiger partial charge in [0.15, 0.2) is 0 Å². The van der Waals surface area contributed by atoms with E-state index in [1.807, 2.05) is 12.1 Å². The lowest BCUT2D eigenvalue weighted by molar-refractivity contribution is 0.0944. The smallest absolute Gasteiger partial charge is 0.267 e. The van der Waals surface area contributed by atoms with Gasteiger partial charge in [0.25, 0.3) is 11.5 Å². The van der Waals surface area contributed by atoms with Crippen molar-refractivity contribution in [2.24, 2.45) is 0 Å². The van der Waals surface area contributed by atoms with E-state index in [0.29, 0.717) is 30.5 Å². The molecule has 0 aliphatic carbocycles. The van der Waals surface area contributed by atoms with Crippen LogP contribution in [-0.4, -0.2) is 46.7 Å². The van der Waals surface area contributed by atoms with E-state index in [-0.39, 0.29) is 23.7 Å². The Kier molecular flexibility index (Phi) is 10.0. The first-order chi connectivity index (χ1) is 13.0. The molecular formula is C21H32ClN3O3. The summed E-state index contributed by atoms with van der Waals surface area (Å²) in [5.74, 6) is -0.748. The number of halogens is 1. The van der Waals surface area contributed by atoms with Crippen LogP contribution in [0.4, 0.5) is 0 Å². The summed E-state index contributed by atoms with van der Waals surface area (Å²) in [6.07, 6.45) is 2.91. The molecule has 1 heterocycles. The van der Waals surface area contributed by atoms with E-state index < -0.39 is 11.5 Å². The van der Waals surface area contributed by atoms with E-state index >= 15 is 0 Å². The number of fused-ring (bicyclic) bond motifs is 1. The van der Waals surface area contributed by atoms with Crippen molar-refractivity contribution in [2.75, 3.05) is 26.2 Å². The zero-order chi connectivity index (χ0) is 19.8. The van der Waals surface area contributed by atoms with Gasteiger partial charge in [0.05, 0.1) is 5.52 Å². The second kappa shape index (κ2) is 11.7. The van der Waals surface area contributed by atoms with E-state index in [4.69, 9.17) is 0 Å². The van der Waals surface area contributed by atoms with Gasteiger partial charge in [0.2, 0.25) is 0 Å². The number of hydrogen-bond acceptors (Lipinski definition) is 4. The molecule has 1 aromatic heterocycles. The van der Waals surface area contributed by atoms with E-state index in [0.717, 1.165) is 32.4 Å². The highest BCUT2D eigenvalue weighted by molar-refractivity contribution is 6.02. The largest absolute Gasteiger partial charge is 0.506 e.